The highest BCUT2D eigenvalue weighted by molar-refractivity contribution is 5.77. The number of hydrogen-bond acceptors (Lipinski definition) is 2. The smallest absolute Gasteiger partial charge is 0.201 e. The summed E-state index contributed by atoms with van der Waals surface area (Å²) in [5.41, 5.74) is 4.24. The molecule has 1 aliphatic carbocycles. The van der Waals surface area contributed by atoms with E-state index in [0.717, 1.165) is 41.8 Å². The molecule has 0 amide bonds. The van der Waals surface area contributed by atoms with E-state index in [1.165, 1.54) is 5.56 Å². The van der Waals surface area contributed by atoms with Crippen molar-refractivity contribution in [2.45, 2.75) is 25.3 Å². The van der Waals surface area contributed by atoms with Crippen LogP contribution in [0.2, 0.25) is 0 Å². The molecular weight excluding hydrogens is 265 g/mol. The quantitative estimate of drug-likeness (QED) is 0.739. The van der Waals surface area contributed by atoms with E-state index in [0.29, 0.717) is 0 Å². The number of aromatic nitrogens is 2. The minimum atomic E-state index is -0.174. The maximum Gasteiger partial charge on any atom is 0.201 e. The maximum absolute atomic E-state index is 13.5. The summed E-state index contributed by atoms with van der Waals surface area (Å²) >= 11 is 0. The first-order valence-corrected chi connectivity index (χ1v) is 7.29. The van der Waals surface area contributed by atoms with Crippen molar-refractivity contribution in [1.82, 2.24) is 9.97 Å². The fraction of sp³-hybridized carbons (Fsp3) is 0.235. The first-order valence-electron chi connectivity index (χ1n) is 7.29. The minimum absolute atomic E-state index is 0.116. The number of halogens is 1. The maximum atomic E-state index is 13.5. The van der Waals surface area contributed by atoms with Gasteiger partial charge in [-0.05, 0) is 54.7 Å². The number of nitrogens with one attached hydrogen (secondary N) is 2. The number of benzene rings is 2. The number of aryl methyl sites for hydroxylation is 1. The van der Waals surface area contributed by atoms with Crippen molar-refractivity contribution in [1.29, 1.82) is 0 Å². The Bertz CT molecular complexity index is 761. The summed E-state index contributed by atoms with van der Waals surface area (Å²) in [5, 5.41) is 3.42. The van der Waals surface area contributed by atoms with Crippen LogP contribution in [-0.2, 0) is 6.42 Å². The second-order valence-corrected chi connectivity index (χ2v) is 5.53. The van der Waals surface area contributed by atoms with Crippen molar-refractivity contribution in [2.24, 2.45) is 0 Å². The Labute approximate surface area is 122 Å². The molecule has 0 spiro atoms. The third-order valence-electron chi connectivity index (χ3n) is 4.12. The summed E-state index contributed by atoms with van der Waals surface area (Å²) < 4.78 is 13.5. The number of anilines is 1. The molecule has 21 heavy (non-hydrogen) atoms. The van der Waals surface area contributed by atoms with Crippen LogP contribution in [0.4, 0.5) is 10.3 Å². The number of rotatable bonds is 2. The lowest BCUT2D eigenvalue weighted by Crippen LogP contribution is -2.18. The predicted octanol–water partition coefficient (Wildman–Crippen LogP) is 4.19. The Morgan fingerprint density at radius 1 is 1.19 bits per heavy atom. The molecule has 1 heterocycles. The van der Waals surface area contributed by atoms with E-state index in [1.54, 1.807) is 12.1 Å². The molecule has 0 saturated carbocycles. The molecule has 0 radical (unpaired) electrons. The van der Waals surface area contributed by atoms with Crippen LogP contribution in [0.1, 0.15) is 30.0 Å². The largest absolute Gasteiger partial charge is 0.349 e. The molecule has 2 aromatic carbocycles. The Balaban J connectivity index is 1.67. The van der Waals surface area contributed by atoms with Gasteiger partial charge in [-0.2, -0.15) is 0 Å². The van der Waals surface area contributed by atoms with Crippen LogP contribution >= 0.6 is 0 Å². The van der Waals surface area contributed by atoms with Crippen molar-refractivity contribution < 1.29 is 4.39 Å². The normalized spacial score (nSPS) is 17.7. The van der Waals surface area contributed by atoms with Gasteiger partial charge < -0.3 is 10.3 Å². The van der Waals surface area contributed by atoms with Gasteiger partial charge >= 0.3 is 0 Å². The lowest BCUT2D eigenvalue weighted by Gasteiger charge is -2.26. The fourth-order valence-corrected chi connectivity index (χ4v) is 3.11. The Kier molecular flexibility index (Phi) is 2.88. The van der Waals surface area contributed by atoms with Crippen molar-refractivity contribution in [3.8, 4) is 0 Å². The molecular formula is C17H16FN3. The van der Waals surface area contributed by atoms with Crippen LogP contribution in [0.15, 0.2) is 42.5 Å². The minimum Gasteiger partial charge on any atom is -0.349 e. The molecule has 1 aliphatic rings. The number of imidazole rings is 1. The van der Waals surface area contributed by atoms with Crippen LogP contribution in [0.3, 0.4) is 0 Å². The van der Waals surface area contributed by atoms with Crippen molar-refractivity contribution in [3.63, 3.8) is 0 Å². The molecule has 4 heteroatoms. The molecule has 3 nitrogen and oxygen atoms in total. The van der Waals surface area contributed by atoms with Crippen LogP contribution < -0.4 is 5.32 Å². The zero-order valence-electron chi connectivity index (χ0n) is 11.6. The van der Waals surface area contributed by atoms with E-state index in [1.807, 2.05) is 30.3 Å². The van der Waals surface area contributed by atoms with Crippen molar-refractivity contribution >= 4 is 17.0 Å². The number of fused-ring (bicyclic) bond motifs is 2. The third-order valence-corrected chi connectivity index (χ3v) is 4.12. The van der Waals surface area contributed by atoms with Gasteiger partial charge in [-0.3, -0.25) is 0 Å². The highest BCUT2D eigenvalue weighted by atomic mass is 19.1. The predicted molar refractivity (Wildman–Crippen MR) is 81.8 cm³/mol. The highest BCUT2D eigenvalue weighted by Gasteiger charge is 2.21. The van der Waals surface area contributed by atoms with Gasteiger partial charge in [-0.15, -0.1) is 0 Å². The summed E-state index contributed by atoms with van der Waals surface area (Å²) in [4.78, 5) is 7.81. The average molecular weight is 281 g/mol. The van der Waals surface area contributed by atoms with Gasteiger partial charge in [0, 0.05) is 0 Å². The number of H-pyrrole nitrogens is 1. The molecule has 106 valence electrons. The average Bonchev–Trinajstić information content (AvgIpc) is 2.90. The molecule has 0 bridgehead atoms. The summed E-state index contributed by atoms with van der Waals surface area (Å²) in [6.07, 6.45) is 3.12. The van der Waals surface area contributed by atoms with Gasteiger partial charge in [0.1, 0.15) is 5.82 Å². The number of aromatic amines is 1. The van der Waals surface area contributed by atoms with Crippen LogP contribution in [0.25, 0.3) is 11.0 Å². The van der Waals surface area contributed by atoms with Gasteiger partial charge in [0.25, 0.3) is 0 Å². The van der Waals surface area contributed by atoms with Crippen molar-refractivity contribution in [3.05, 3.63) is 59.4 Å². The van der Waals surface area contributed by atoms with E-state index in [4.69, 9.17) is 0 Å². The molecule has 2 N–H and O–H groups in total. The molecule has 1 unspecified atom stereocenters. The van der Waals surface area contributed by atoms with Crippen molar-refractivity contribution in [2.75, 3.05) is 5.32 Å². The zero-order valence-corrected chi connectivity index (χ0v) is 11.6. The summed E-state index contributed by atoms with van der Waals surface area (Å²) in [5.74, 6) is 0.574. The summed E-state index contributed by atoms with van der Waals surface area (Å²) in [6.45, 7) is 0. The SMILES string of the molecule is Fc1ccc2c(c1)C(Nc1nc3ccccc3[nH]1)CCC2. The topological polar surface area (TPSA) is 40.7 Å². The zero-order chi connectivity index (χ0) is 14.2. The van der Waals surface area contributed by atoms with Gasteiger partial charge in [0.15, 0.2) is 0 Å². The van der Waals surface area contributed by atoms with E-state index >= 15 is 0 Å². The third kappa shape index (κ3) is 2.27. The van der Waals surface area contributed by atoms with Gasteiger partial charge in [0.05, 0.1) is 17.1 Å². The first-order chi connectivity index (χ1) is 10.3. The summed E-state index contributed by atoms with van der Waals surface area (Å²) in [7, 11) is 0. The second-order valence-electron chi connectivity index (χ2n) is 5.53. The van der Waals surface area contributed by atoms with Gasteiger partial charge in [-0.1, -0.05) is 18.2 Å². The number of hydrogen-bond donors (Lipinski definition) is 2. The van der Waals surface area contributed by atoms with E-state index in [9.17, 15) is 4.39 Å². The number of para-hydroxylation sites is 2. The number of nitrogens with zero attached hydrogens (tertiary/aromatic N) is 1. The highest BCUT2D eigenvalue weighted by Crippen LogP contribution is 2.32. The molecule has 3 aromatic rings. The Hall–Kier alpha value is -2.36. The summed E-state index contributed by atoms with van der Waals surface area (Å²) in [6, 6.07) is 13.1. The van der Waals surface area contributed by atoms with Crippen LogP contribution in [-0.4, -0.2) is 9.97 Å². The molecule has 0 fully saturated rings. The van der Waals surface area contributed by atoms with E-state index in [-0.39, 0.29) is 11.9 Å². The molecule has 0 saturated heterocycles. The standard InChI is InChI=1S/C17H16FN3/c18-12-9-8-11-4-3-7-14(13(11)10-12)19-17-20-15-5-1-2-6-16(15)21-17/h1-2,5-6,8-10,14H,3-4,7H2,(H2,19,20,21). The first kappa shape index (κ1) is 12.4. The molecule has 1 aromatic heterocycles. The molecule has 0 aliphatic heterocycles. The lowest BCUT2D eigenvalue weighted by atomic mass is 9.88. The molecule has 4 rings (SSSR count). The monoisotopic (exact) mass is 281 g/mol. The Morgan fingerprint density at radius 3 is 3.00 bits per heavy atom. The van der Waals surface area contributed by atoms with Crippen LogP contribution in [0.5, 0.6) is 0 Å². The van der Waals surface area contributed by atoms with E-state index in [2.05, 4.69) is 15.3 Å². The van der Waals surface area contributed by atoms with E-state index < -0.39 is 0 Å². The fourth-order valence-electron chi connectivity index (χ4n) is 3.11. The Morgan fingerprint density at radius 2 is 2.10 bits per heavy atom. The lowest BCUT2D eigenvalue weighted by molar-refractivity contribution is 0.578. The van der Waals surface area contributed by atoms with Gasteiger partial charge in [0.2, 0.25) is 5.95 Å². The second kappa shape index (κ2) is 4.88. The van der Waals surface area contributed by atoms with Crippen LogP contribution in [0, 0.1) is 5.82 Å². The molecule has 1 atom stereocenters. The van der Waals surface area contributed by atoms with Gasteiger partial charge in [-0.25, -0.2) is 9.37 Å².